The lowest BCUT2D eigenvalue weighted by molar-refractivity contribution is 0.111. The molecule has 0 aliphatic rings. The lowest BCUT2D eigenvalue weighted by Crippen LogP contribution is -2.19. The Bertz CT molecular complexity index is 623. The van der Waals surface area contributed by atoms with Crippen molar-refractivity contribution < 1.29 is 14.6 Å². The summed E-state index contributed by atoms with van der Waals surface area (Å²) in [7, 11) is 3.93. The van der Waals surface area contributed by atoms with Crippen molar-refractivity contribution in [1.82, 2.24) is 4.90 Å². The molecule has 2 aromatic rings. The number of para-hydroxylation sites is 1. The maximum absolute atomic E-state index is 11.2. The minimum Gasteiger partial charge on any atom is -0.507 e. The van der Waals surface area contributed by atoms with Gasteiger partial charge in [-0.15, -0.1) is 0 Å². The van der Waals surface area contributed by atoms with Gasteiger partial charge in [0.1, 0.15) is 18.1 Å². The monoisotopic (exact) mass is 285 g/mol. The predicted octanol–water partition coefficient (Wildman–Crippen LogP) is 2.81. The molecular weight excluding hydrogens is 266 g/mol. The van der Waals surface area contributed by atoms with Crippen molar-refractivity contribution in [3.63, 3.8) is 0 Å². The second-order valence-corrected chi connectivity index (χ2v) is 5.04. The molecule has 1 N–H and O–H groups in total. The quantitative estimate of drug-likeness (QED) is 0.829. The average Bonchev–Trinajstić information content (AvgIpc) is 2.48. The minimum atomic E-state index is 0.190. The number of carbonyl (C=O) groups is 1. The van der Waals surface area contributed by atoms with Crippen molar-refractivity contribution in [1.29, 1.82) is 0 Å². The van der Waals surface area contributed by atoms with Gasteiger partial charge >= 0.3 is 0 Å². The Hall–Kier alpha value is -2.33. The Labute approximate surface area is 124 Å². The van der Waals surface area contributed by atoms with Gasteiger partial charge < -0.3 is 14.7 Å². The summed E-state index contributed by atoms with van der Waals surface area (Å²) in [6, 6.07) is 12.4. The Morgan fingerprint density at radius 1 is 1.19 bits per heavy atom. The zero-order valence-electron chi connectivity index (χ0n) is 12.2. The molecular formula is C17H19NO3. The number of rotatable bonds is 6. The third-order valence-corrected chi connectivity index (χ3v) is 3.15. The van der Waals surface area contributed by atoms with Crippen molar-refractivity contribution in [2.75, 3.05) is 27.2 Å². The SMILES string of the molecule is CN(C)CCOc1ccc(-c2ccccc2O)cc1C=O. The van der Waals surface area contributed by atoms with E-state index in [1.165, 1.54) is 0 Å². The van der Waals surface area contributed by atoms with Gasteiger partial charge in [0.05, 0.1) is 5.56 Å². The molecule has 2 rings (SSSR count). The minimum absolute atomic E-state index is 0.190. The third kappa shape index (κ3) is 3.83. The fourth-order valence-corrected chi connectivity index (χ4v) is 2.00. The second-order valence-electron chi connectivity index (χ2n) is 5.04. The van der Waals surface area contributed by atoms with Crippen molar-refractivity contribution in [2.24, 2.45) is 0 Å². The van der Waals surface area contributed by atoms with E-state index in [0.717, 1.165) is 18.4 Å². The maximum Gasteiger partial charge on any atom is 0.153 e. The van der Waals surface area contributed by atoms with Crippen LogP contribution in [0.1, 0.15) is 10.4 Å². The van der Waals surface area contributed by atoms with Crippen molar-refractivity contribution in [2.45, 2.75) is 0 Å². The first-order chi connectivity index (χ1) is 10.1. The number of carbonyl (C=O) groups excluding carboxylic acids is 1. The van der Waals surface area contributed by atoms with Crippen LogP contribution in [0.3, 0.4) is 0 Å². The molecule has 0 unspecified atom stereocenters. The number of ether oxygens (including phenoxy) is 1. The molecule has 0 atom stereocenters. The van der Waals surface area contributed by atoms with E-state index in [2.05, 4.69) is 0 Å². The van der Waals surface area contributed by atoms with Gasteiger partial charge in [-0.25, -0.2) is 0 Å². The Morgan fingerprint density at radius 3 is 2.62 bits per heavy atom. The summed E-state index contributed by atoms with van der Waals surface area (Å²) >= 11 is 0. The Balaban J connectivity index is 2.24. The van der Waals surface area contributed by atoms with Crippen molar-refractivity contribution >= 4 is 6.29 Å². The van der Waals surface area contributed by atoms with Crippen LogP contribution in [0.2, 0.25) is 0 Å². The van der Waals surface area contributed by atoms with Crippen LogP contribution in [0.4, 0.5) is 0 Å². The van der Waals surface area contributed by atoms with Gasteiger partial charge in [0.2, 0.25) is 0 Å². The largest absolute Gasteiger partial charge is 0.507 e. The van der Waals surface area contributed by atoms with Crippen LogP contribution >= 0.6 is 0 Å². The zero-order valence-corrected chi connectivity index (χ0v) is 12.2. The molecule has 0 heterocycles. The van der Waals surface area contributed by atoms with Crippen LogP contribution in [0.5, 0.6) is 11.5 Å². The van der Waals surface area contributed by atoms with E-state index in [1.807, 2.05) is 37.2 Å². The molecule has 0 aliphatic heterocycles. The third-order valence-electron chi connectivity index (χ3n) is 3.15. The van der Waals surface area contributed by atoms with Gasteiger partial charge in [-0.05, 0) is 37.9 Å². The summed E-state index contributed by atoms with van der Waals surface area (Å²) in [6.07, 6.45) is 0.772. The van der Waals surface area contributed by atoms with E-state index in [-0.39, 0.29) is 5.75 Å². The maximum atomic E-state index is 11.2. The summed E-state index contributed by atoms with van der Waals surface area (Å²) in [4.78, 5) is 13.3. The topological polar surface area (TPSA) is 49.8 Å². The van der Waals surface area contributed by atoms with Crippen LogP contribution in [-0.4, -0.2) is 43.5 Å². The molecule has 0 spiro atoms. The molecule has 0 aromatic heterocycles. The van der Waals surface area contributed by atoms with Gasteiger partial charge in [-0.1, -0.05) is 24.3 Å². The lowest BCUT2D eigenvalue weighted by atomic mass is 10.0. The molecule has 0 saturated carbocycles. The molecule has 0 fully saturated rings. The summed E-state index contributed by atoms with van der Waals surface area (Å²) in [5, 5.41) is 9.87. The zero-order chi connectivity index (χ0) is 15.2. The van der Waals surface area contributed by atoms with E-state index < -0.39 is 0 Å². The number of hydrogen-bond donors (Lipinski definition) is 1. The smallest absolute Gasteiger partial charge is 0.153 e. The highest BCUT2D eigenvalue weighted by Gasteiger charge is 2.08. The first kappa shape index (κ1) is 15.1. The Kier molecular flexibility index (Phi) is 4.95. The fourth-order valence-electron chi connectivity index (χ4n) is 2.00. The van der Waals surface area contributed by atoms with Gasteiger partial charge in [0.15, 0.2) is 6.29 Å². The highest BCUT2D eigenvalue weighted by atomic mass is 16.5. The fraction of sp³-hybridized carbons (Fsp3) is 0.235. The molecule has 0 bridgehead atoms. The summed E-state index contributed by atoms with van der Waals surface area (Å²) < 4.78 is 5.62. The highest BCUT2D eigenvalue weighted by Crippen LogP contribution is 2.31. The molecule has 21 heavy (non-hydrogen) atoms. The van der Waals surface area contributed by atoms with Gasteiger partial charge in [-0.2, -0.15) is 0 Å². The molecule has 4 nitrogen and oxygen atoms in total. The molecule has 2 aromatic carbocycles. The van der Waals surface area contributed by atoms with Crippen LogP contribution in [-0.2, 0) is 0 Å². The van der Waals surface area contributed by atoms with Crippen LogP contribution in [0.15, 0.2) is 42.5 Å². The number of likely N-dealkylation sites (N-methyl/N-ethyl adjacent to an activating group) is 1. The molecule has 0 saturated heterocycles. The molecule has 110 valence electrons. The van der Waals surface area contributed by atoms with Crippen molar-refractivity contribution in [3.05, 3.63) is 48.0 Å². The first-order valence-electron chi connectivity index (χ1n) is 6.77. The number of aldehydes is 1. The molecule has 0 radical (unpaired) electrons. The van der Waals surface area contributed by atoms with Crippen molar-refractivity contribution in [3.8, 4) is 22.6 Å². The number of aromatic hydroxyl groups is 1. The normalized spacial score (nSPS) is 10.6. The number of hydrogen-bond acceptors (Lipinski definition) is 4. The predicted molar refractivity (Wildman–Crippen MR) is 83.0 cm³/mol. The number of nitrogens with zero attached hydrogens (tertiary/aromatic N) is 1. The second kappa shape index (κ2) is 6.90. The summed E-state index contributed by atoms with van der Waals surface area (Å²) in [5.41, 5.74) is 1.96. The van der Waals surface area contributed by atoms with E-state index in [4.69, 9.17) is 4.74 Å². The number of phenolic OH excluding ortho intramolecular Hbond substituents is 1. The van der Waals surface area contributed by atoms with Gasteiger partial charge in [0.25, 0.3) is 0 Å². The Morgan fingerprint density at radius 2 is 1.95 bits per heavy atom. The first-order valence-corrected chi connectivity index (χ1v) is 6.77. The molecule has 0 amide bonds. The number of phenols is 1. The lowest BCUT2D eigenvalue weighted by Gasteiger charge is -2.13. The summed E-state index contributed by atoms with van der Waals surface area (Å²) in [6.45, 7) is 1.29. The highest BCUT2D eigenvalue weighted by molar-refractivity contribution is 5.84. The van der Waals surface area contributed by atoms with E-state index >= 15 is 0 Å². The average molecular weight is 285 g/mol. The van der Waals surface area contributed by atoms with Gasteiger partial charge in [0, 0.05) is 12.1 Å². The standard InChI is InChI=1S/C17H19NO3/c1-18(2)9-10-21-17-8-7-13(11-14(17)12-19)15-5-3-4-6-16(15)20/h3-8,11-12,20H,9-10H2,1-2H3. The van der Waals surface area contributed by atoms with Gasteiger partial charge in [-0.3, -0.25) is 4.79 Å². The molecule has 0 aliphatic carbocycles. The molecule has 4 heteroatoms. The van der Waals surface area contributed by atoms with E-state index in [1.54, 1.807) is 24.3 Å². The van der Waals surface area contributed by atoms with Crippen LogP contribution in [0, 0.1) is 0 Å². The van der Waals surface area contributed by atoms with E-state index in [0.29, 0.717) is 23.5 Å². The van der Waals surface area contributed by atoms with Crippen LogP contribution < -0.4 is 4.74 Å². The summed E-state index contributed by atoms with van der Waals surface area (Å²) in [5.74, 6) is 0.752. The number of benzene rings is 2. The van der Waals surface area contributed by atoms with E-state index in [9.17, 15) is 9.90 Å². The van der Waals surface area contributed by atoms with Crippen LogP contribution in [0.25, 0.3) is 11.1 Å².